The number of aromatic amines is 1. The third kappa shape index (κ3) is 4.17. The van der Waals surface area contributed by atoms with Crippen LogP contribution in [0.1, 0.15) is 16.1 Å². The maximum atomic E-state index is 13.8. The molecule has 156 valence electrons. The molecule has 0 aliphatic carbocycles. The van der Waals surface area contributed by atoms with Crippen LogP contribution in [0.25, 0.3) is 0 Å². The molecule has 0 radical (unpaired) electrons. The molecule has 1 aromatic carbocycles. The summed E-state index contributed by atoms with van der Waals surface area (Å²) in [4.78, 5) is 26.6. The van der Waals surface area contributed by atoms with Crippen molar-refractivity contribution in [3.8, 4) is 0 Å². The number of carbonyl (C=O) groups excluding carboxylic acids is 1. The molecule has 0 atom stereocenters. The molecule has 1 amide bonds. The second kappa shape index (κ2) is 7.59. The molecule has 1 aromatic heterocycles. The van der Waals surface area contributed by atoms with Crippen molar-refractivity contribution in [3.63, 3.8) is 0 Å². The van der Waals surface area contributed by atoms with Gasteiger partial charge in [-0.2, -0.15) is 17.5 Å². The highest BCUT2D eigenvalue weighted by atomic mass is 32.2. The predicted molar refractivity (Wildman–Crippen MR) is 93.1 cm³/mol. The van der Waals surface area contributed by atoms with Gasteiger partial charge in [-0.3, -0.25) is 9.59 Å². The Balaban J connectivity index is 1.73. The van der Waals surface area contributed by atoms with E-state index in [1.807, 2.05) is 0 Å². The van der Waals surface area contributed by atoms with Crippen LogP contribution in [0.3, 0.4) is 0 Å². The van der Waals surface area contributed by atoms with Gasteiger partial charge in [-0.05, 0) is 24.3 Å². The van der Waals surface area contributed by atoms with Crippen molar-refractivity contribution in [2.24, 2.45) is 0 Å². The maximum absolute atomic E-state index is 13.8. The van der Waals surface area contributed by atoms with E-state index in [0.29, 0.717) is 6.07 Å². The van der Waals surface area contributed by atoms with Gasteiger partial charge in [-0.15, -0.1) is 0 Å². The number of rotatable bonds is 3. The maximum Gasteiger partial charge on any atom is 0.431 e. The van der Waals surface area contributed by atoms with Crippen LogP contribution in [-0.2, 0) is 16.2 Å². The molecule has 1 N–H and O–H groups in total. The first kappa shape index (κ1) is 21.0. The molecule has 1 fully saturated rings. The number of carbonyl (C=O) groups is 1. The summed E-state index contributed by atoms with van der Waals surface area (Å²) in [5.74, 6) is -1.72. The average Bonchev–Trinajstić information content (AvgIpc) is 2.67. The van der Waals surface area contributed by atoms with Crippen LogP contribution in [0.15, 0.2) is 46.1 Å². The summed E-state index contributed by atoms with van der Waals surface area (Å²) >= 11 is 0. The van der Waals surface area contributed by atoms with Crippen molar-refractivity contribution in [1.29, 1.82) is 0 Å². The Kier molecular flexibility index (Phi) is 5.50. The van der Waals surface area contributed by atoms with Gasteiger partial charge < -0.3 is 9.88 Å². The van der Waals surface area contributed by atoms with E-state index in [1.54, 1.807) is 4.98 Å². The van der Waals surface area contributed by atoms with Gasteiger partial charge in [0.05, 0.1) is 0 Å². The zero-order valence-corrected chi connectivity index (χ0v) is 15.6. The summed E-state index contributed by atoms with van der Waals surface area (Å²) in [6.07, 6.45) is -4.76. The molecular formula is C17H15F4N3O4S. The first-order valence-corrected chi connectivity index (χ1v) is 9.80. The zero-order valence-electron chi connectivity index (χ0n) is 14.7. The lowest BCUT2D eigenvalue weighted by Crippen LogP contribution is -2.51. The molecule has 29 heavy (non-hydrogen) atoms. The number of nitrogens with one attached hydrogen (secondary N) is 1. The number of benzene rings is 1. The summed E-state index contributed by atoms with van der Waals surface area (Å²) in [7, 11) is -4.11. The van der Waals surface area contributed by atoms with Gasteiger partial charge in [0, 0.05) is 26.2 Å². The van der Waals surface area contributed by atoms with Crippen LogP contribution in [0.5, 0.6) is 0 Å². The number of sulfonamides is 1. The molecule has 12 heteroatoms. The third-order valence-corrected chi connectivity index (χ3v) is 6.36. The number of hydrogen-bond donors (Lipinski definition) is 1. The smallest absolute Gasteiger partial charge is 0.336 e. The van der Waals surface area contributed by atoms with Crippen molar-refractivity contribution in [2.75, 3.05) is 26.2 Å². The summed E-state index contributed by atoms with van der Waals surface area (Å²) in [5.41, 5.74) is -2.95. The van der Waals surface area contributed by atoms with Crippen LogP contribution < -0.4 is 5.56 Å². The Morgan fingerprint density at radius 1 is 1.00 bits per heavy atom. The van der Waals surface area contributed by atoms with Crippen molar-refractivity contribution in [1.82, 2.24) is 14.2 Å². The zero-order chi connectivity index (χ0) is 21.4. The molecule has 0 spiro atoms. The highest BCUT2D eigenvalue weighted by molar-refractivity contribution is 7.89. The minimum atomic E-state index is -4.76. The monoisotopic (exact) mass is 433 g/mol. The largest absolute Gasteiger partial charge is 0.431 e. The van der Waals surface area contributed by atoms with Crippen LogP contribution in [-0.4, -0.2) is 54.7 Å². The van der Waals surface area contributed by atoms with Crippen LogP contribution in [0.2, 0.25) is 0 Å². The van der Waals surface area contributed by atoms with Crippen molar-refractivity contribution >= 4 is 15.9 Å². The standard InChI is InChI=1S/C17H15F4N3O4S/c18-12-3-1-2-4-13(12)29(27,28)24-9-7-23(8-10-24)16(26)11-5-6-14(17(19,20)21)22-15(11)25/h1-6H,7-10H2,(H,22,25). The lowest BCUT2D eigenvalue weighted by molar-refractivity contribution is -0.141. The minimum Gasteiger partial charge on any atom is -0.336 e. The predicted octanol–water partition coefficient (Wildman–Crippen LogP) is 1.68. The first-order valence-electron chi connectivity index (χ1n) is 8.36. The number of halogens is 4. The van der Waals surface area contributed by atoms with Crippen LogP contribution in [0.4, 0.5) is 17.6 Å². The Labute approximate surface area is 162 Å². The fourth-order valence-electron chi connectivity index (χ4n) is 2.90. The highest BCUT2D eigenvalue weighted by Gasteiger charge is 2.34. The minimum absolute atomic E-state index is 0.104. The van der Waals surface area contributed by atoms with Crippen LogP contribution in [0, 0.1) is 5.82 Å². The molecule has 0 bridgehead atoms. The molecule has 7 nitrogen and oxygen atoms in total. The molecule has 3 rings (SSSR count). The Bertz CT molecular complexity index is 1090. The average molecular weight is 433 g/mol. The Morgan fingerprint density at radius 3 is 2.17 bits per heavy atom. The summed E-state index contributed by atoms with van der Waals surface area (Å²) < 4.78 is 77.8. The fourth-order valence-corrected chi connectivity index (χ4v) is 4.39. The normalized spacial score (nSPS) is 16.1. The number of aromatic nitrogens is 1. The summed E-state index contributed by atoms with van der Waals surface area (Å²) in [6, 6.07) is 6.26. The summed E-state index contributed by atoms with van der Waals surface area (Å²) in [5, 5.41) is 0. The second-order valence-corrected chi connectivity index (χ2v) is 8.15. The Hall–Kier alpha value is -2.73. The number of alkyl halides is 3. The number of H-pyrrole nitrogens is 1. The first-order chi connectivity index (χ1) is 13.5. The lowest BCUT2D eigenvalue weighted by atomic mass is 10.2. The third-order valence-electron chi connectivity index (χ3n) is 4.43. The van der Waals surface area contributed by atoms with Gasteiger partial charge in [0.2, 0.25) is 10.0 Å². The van der Waals surface area contributed by atoms with E-state index in [4.69, 9.17) is 0 Å². The van der Waals surface area contributed by atoms with E-state index >= 15 is 0 Å². The topological polar surface area (TPSA) is 90.6 Å². The number of piperazine rings is 1. The quantitative estimate of drug-likeness (QED) is 0.746. The number of amides is 1. The molecule has 2 aromatic rings. The van der Waals surface area contributed by atoms with Crippen molar-refractivity contribution < 1.29 is 30.8 Å². The van der Waals surface area contributed by atoms with Gasteiger partial charge >= 0.3 is 6.18 Å². The molecule has 0 unspecified atom stereocenters. The van der Waals surface area contributed by atoms with Crippen molar-refractivity contribution in [2.45, 2.75) is 11.1 Å². The van der Waals surface area contributed by atoms with Gasteiger partial charge in [-0.25, -0.2) is 12.8 Å². The van der Waals surface area contributed by atoms with E-state index in [2.05, 4.69) is 0 Å². The van der Waals surface area contributed by atoms with Gasteiger partial charge in [-0.1, -0.05) is 12.1 Å². The van der Waals surface area contributed by atoms with E-state index < -0.39 is 49.6 Å². The lowest BCUT2D eigenvalue weighted by Gasteiger charge is -2.34. The van der Waals surface area contributed by atoms with Crippen molar-refractivity contribution in [3.05, 3.63) is 63.8 Å². The molecule has 2 heterocycles. The molecule has 1 aliphatic rings. The number of nitrogens with zero attached hydrogens (tertiary/aromatic N) is 2. The fraction of sp³-hybridized carbons (Fsp3) is 0.294. The van der Waals surface area contributed by atoms with Gasteiger partial charge in [0.15, 0.2) is 0 Å². The SMILES string of the molecule is O=C(c1ccc(C(F)(F)F)[nH]c1=O)N1CCN(S(=O)(=O)c2ccccc2F)CC1. The van der Waals surface area contributed by atoms with E-state index in [0.717, 1.165) is 27.4 Å². The molecule has 0 saturated carbocycles. The van der Waals surface area contributed by atoms with Gasteiger partial charge in [0.25, 0.3) is 11.5 Å². The van der Waals surface area contributed by atoms with E-state index in [9.17, 15) is 35.6 Å². The molecule has 1 saturated heterocycles. The summed E-state index contributed by atoms with van der Waals surface area (Å²) in [6.45, 7) is -0.512. The Morgan fingerprint density at radius 2 is 1.62 bits per heavy atom. The number of hydrogen-bond acceptors (Lipinski definition) is 4. The van der Waals surface area contributed by atoms with Crippen LogP contribution >= 0.6 is 0 Å². The van der Waals surface area contributed by atoms with E-state index in [1.165, 1.54) is 12.1 Å². The molecular weight excluding hydrogens is 418 g/mol. The van der Waals surface area contributed by atoms with E-state index in [-0.39, 0.29) is 26.2 Å². The highest BCUT2D eigenvalue weighted by Crippen LogP contribution is 2.26. The second-order valence-electron chi connectivity index (χ2n) is 6.24. The molecule has 1 aliphatic heterocycles. The number of pyridine rings is 1. The van der Waals surface area contributed by atoms with Gasteiger partial charge in [0.1, 0.15) is 22.0 Å².